The van der Waals surface area contributed by atoms with Gasteiger partial charge in [0.05, 0.1) is 12.7 Å². The smallest absolute Gasteiger partial charge is 0.393 e. The van der Waals surface area contributed by atoms with Gasteiger partial charge in [0.2, 0.25) is 11.8 Å². The predicted molar refractivity (Wildman–Crippen MR) is 70.4 cm³/mol. The van der Waals surface area contributed by atoms with E-state index >= 15 is 0 Å². The van der Waals surface area contributed by atoms with E-state index in [1.807, 2.05) is 19.0 Å². The van der Waals surface area contributed by atoms with Crippen LogP contribution in [0.3, 0.4) is 0 Å². The molecule has 20 heavy (non-hydrogen) atoms. The normalized spacial score (nSPS) is 19.6. The highest BCUT2D eigenvalue weighted by Gasteiger charge is 2.25. The zero-order valence-corrected chi connectivity index (χ0v) is 12.0. The number of amides is 1. The molecule has 0 aliphatic carbocycles. The highest BCUT2D eigenvalue weighted by Crippen LogP contribution is 2.07. The van der Waals surface area contributed by atoms with E-state index in [0.717, 1.165) is 11.2 Å². The number of rotatable bonds is 4. The summed E-state index contributed by atoms with van der Waals surface area (Å²) in [6.07, 6.45) is -0.00142. The van der Waals surface area contributed by atoms with Gasteiger partial charge in [-0.2, -0.15) is 4.68 Å². The van der Waals surface area contributed by atoms with E-state index < -0.39 is 5.76 Å². The van der Waals surface area contributed by atoms with Gasteiger partial charge in [-0.05, 0) is 14.1 Å². The minimum Gasteiger partial charge on any atom is -0.393 e. The van der Waals surface area contributed by atoms with Crippen molar-refractivity contribution in [3.05, 3.63) is 16.4 Å². The van der Waals surface area contributed by atoms with Crippen molar-refractivity contribution < 1.29 is 13.9 Å². The first kappa shape index (κ1) is 14.7. The van der Waals surface area contributed by atoms with Crippen molar-refractivity contribution in [3.8, 4) is 0 Å². The van der Waals surface area contributed by atoms with Gasteiger partial charge in [0.15, 0.2) is 0 Å². The molecule has 0 bridgehead atoms. The molecule has 1 fully saturated rings. The van der Waals surface area contributed by atoms with Crippen molar-refractivity contribution in [1.29, 1.82) is 0 Å². The summed E-state index contributed by atoms with van der Waals surface area (Å²) in [4.78, 5) is 27.3. The molecule has 1 aromatic rings. The number of carbonyl (C=O) groups excluding carboxylic acids is 1. The van der Waals surface area contributed by atoms with Gasteiger partial charge in [-0.25, -0.2) is 4.79 Å². The molecule has 1 aromatic heterocycles. The Bertz CT molecular complexity index is 522. The van der Waals surface area contributed by atoms with Crippen LogP contribution in [0.4, 0.5) is 0 Å². The fourth-order valence-electron chi connectivity index (χ4n) is 2.20. The molecule has 1 atom stereocenters. The van der Waals surface area contributed by atoms with Gasteiger partial charge >= 0.3 is 5.76 Å². The molecule has 0 aromatic carbocycles. The van der Waals surface area contributed by atoms with Gasteiger partial charge < -0.3 is 19.0 Å². The molecular formula is C12H20N4O4. The van der Waals surface area contributed by atoms with Crippen LogP contribution >= 0.6 is 0 Å². The molecule has 8 heteroatoms. The number of ether oxygens (including phenoxy) is 1. The average molecular weight is 284 g/mol. The predicted octanol–water partition coefficient (Wildman–Crippen LogP) is -1.07. The zero-order chi connectivity index (χ0) is 14.7. The van der Waals surface area contributed by atoms with E-state index in [-0.39, 0.29) is 24.4 Å². The van der Waals surface area contributed by atoms with Crippen LogP contribution in [0.2, 0.25) is 0 Å². The maximum Gasteiger partial charge on any atom is 0.437 e. The lowest BCUT2D eigenvalue weighted by Gasteiger charge is -2.34. The van der Waals surface area contributed by atoms with Crippen LogP contribution in [0.25, 0.3) is 0 Å². The first-order valence-electron chi connectivity index (χ1n) is 6.54. The molecule has 2 heterocycles. The van der Waals surface area contributed by atoms with E-state index in [9.17, 15) is 9.59 Å². The molecule has 1 unspecified atom stereocenters. The van der Waals surface area contributed by atoms with Crippen LogP contribution in [0.15, 0.2) is 9.21 Å². The van der Waals surface area contributed by atoms with Crippen LogP contribution in [0.5, 0.6) is 0 Å². The Morgan fingerprint density at radius 1 is 1.50 bits per heavy atom. The molecule has 0 spiro atoms. The maximum absolute atomic E-state index is 12.2. The lowest BCUT2D eigenvalue weighted by atomic mass is 10.2. The fraction of sp³-hybridized carbons (Fsp3) is 0.750. The highest BCUT2D eigenvalue weighted by atomic mass is 16.5. The summed E-state index contributed by atoms with van der Waals surface area (Å²) in [5.41, 5.74) is 0. The molecule has 1 saturated heterocycles. The summed E-state index contributed by atoms with van der Waals surface area (Å²) >= 11 is 0. The van der Waals surface area contributed by atoms with Crippen LogP contribution in [-0.2, 0) is 16.1 Å². The number of aryl methyl sites for hydroxylation is 1. The first-order chi connectivity index (χ1) is 9.45. The van der Waals surface area contributed by atoms with Gasteiger partial charge in [0.25, 0.3) is 0 Å². The van der Waals surface area contributed by atoms with E-state index in [0.29, 0.717) is 19.7 Å². The minimum absolute atomic E-state index is 0.00142. The molecule has 8 nitrogen and oxygen atoms in total. The summed E-state index contributed by atoms with van der Waals surface area (Å²) in [5, 5.41) is 3.86. The zero-order valence-electron chi connectivity index (χ0n) is 12.0. The van der Waals surface area contributed by atoms with Gasteiger partial charge in [-0.3, -0.25) is 4.79 Å². The molecule has 0 N–H and O–H groups in total. The quantitative estimate of drug-likeness (QED) is 0.700. The lowest BCUT2D eigenvalue weighted by molar-refractivity contribution is -0.140. The number of likely N-dealkylation sites (N-methyl/N-ethyl adjacent to an activating group) is 1. The summed E-state index contributed by atoms with van der Waals surface area (Å²) in [5.74, 6) is -0.489. The van der Waals surface area contributed by atoms with Crippen LogP contribution in [0, 0.1) is 6.92 Å². The number of carbonyl (C=O) groups is 1. The largest absolute Gasteiger partial charge is 0.437 e. The maximum atomic E-state index is 12.2. The van der Waals surface area contributed by atoms with Gasteiger partial charge in [-0.1, -0.05) is 0 Å². The van der Waals surface area contributed by atoms with E-state index in [2.05, 4.69) is 5.10 Å². The minimum atomic E-state index is -0.603. The third-order valence-electron chi connectivity index (χ3n) is 3.05. The average Bonchev–Trinajstić information content (AvgIpc) is 2.67. The molecule has 1 aliphatic heterocycles. The van der Waals surface area contributed by atoms with Crippen molar-refractivity contribution in [2.45, 2.75) is 19.6 Å². The van der Waals surface area contributed by atoms with Crippen LogP contribution < -0.4 is 5.76 Å². The Kier molecular flexibility index (Phi) is 4.56. The molecule has 0 radical (unpaired) electrons. The van der Waals surface area contributed by atoms with E-state index in [4.69, 9.17) is 9.15 Å². The van der Waals surface area contributed by atoms with Gasteiger partial charge in [0, 0.05) is 26.6 Å². The summed E-state index contributed by atoms with van der Waals surface area (Å²) in [6, 6.07) is 0. The Morgan fingerprint density at radius 2 is 2.25 bits per heavy atom. The Labute approximate surface area is 116 Å². The SMILES string of the molecule is Cc1nn(CC(=O)N2CCOC(CN(C)C)C2)c(=O)o1. The molecule has 112 valence electrons. The Morgan fingerprint density at radius 3 is 2.85 bits per heavy atom. The summed E-state index contributed by atoms with van der Waals surface area (Å²) in [7, 11) is 3.92. The van der Waals surface area contributed by atoms with Crippen LogP contribution in [0.1, 0.15) is 5.89 Å². The molecule has 1 amide bonds. The van der Waals surface area contributed by atoms with Crippen molar-refractivity contribution in [2.75, 3.05) is 40.3 Å². The summed E-state index contributed by atoms with van der Waals surface area (Å²) < 4.78 is 11.4. The number of morpholine rings is 1. The lowest BCUT2D eigenvalue weighted by Crippen LogP contribution is -2.50. The van der Waals surface area contributed by atoms with E-state index in [1.54, 1.807) is 11.8 Å². The first-order valence-corrected chi connectivity index (χ1v) is 6.54. The number of aromatic nitrogens is 2. The van der Waals surface area contributed by atoms with Crippen LogP contribution in [-0.4, -0.2) is 71.9 Å². The Balaban J connectivity index is 1.95. The molecule has 0 saturated carbocycles. The monoisotopic (exact) mass is 284 g/mol. The Hall–Kier alpha value is -1.67. The van der Waals surface area contributed by atoms with Crippen molar-refractivity contribution in [3.63, 3.8) is 0 Å². The van der Waals surface area contributed by atoms with Crippen molar-refractivity contribution in [2.24, 2.45) is 0 Å². The third-order valence-corrected chi connectivity index (χ3v) is 3.05. The summed E-state index contributed by atoms with van der Waals surface area (Å²) in [6.45, 7) is 3.82. The van der Waals surface area contributed by atoms with E-state index in [1.165, 1.54) is 0 Å². The van der Waals surface area contributed by atoms with Crippen molar-refractivity contribution >= 4 is 5.91 Å². The fourth-order valence-corrected chi connectivity index (χ4v) is 2.20. The number of hydrogen-bond donors (Lipinski definition) is 0. The van der Waals surface area contributed by atoms with Gasteiger partial charge in [-0.15, -0.1) is 5.10 Å². The second-order valence-electron chi connectivity index (χ2n) is 5.14. The molecule has 1 aliphatic rings. The number of nitrogens with zero attached hydrogens (tertiary/aromatic N) is 4. The molecular weight excluding hydrogens is 264 g/mol. The second-order valence-corrected chi connectivity index (χ2v) is 5.14. The highest BCUT2D eigenvalue weighted by molar-refractivity contribution is 5.76. The topological polar surface area (TPSA) is 80.8 Å². The molecule has 2 rings (SSSR count). The van der Waals surface area contributed by atoms with Crippen molar-refractivity contribution in [1.82, 2.24) is 19.6 Å². The number of hydrogen-bond acceptors (Lipinski definition) is 6. The third kappa shape index (κ3) is 3.67. The second kappa shape index (κ2) is 6.19. The standard InChI is InChI=1S/C12H20N4O4/c1-9-13-16(12(18)20-9)8-11(17)15-4-5-19-10(7-15)6-14(2)3/h10H,4-8H2,1-3H3. The van der Waals surface area contributed by atoms with Gasteiger partial charge in [0.1, 0.15) is 6.54 Å².